The maximum Gasteiger partial charge on any atom is 0.410 e. The van der Waals surface area contributed by atoms with Crippen molar-refractivity contribution in [1.82, 2.24) is 20.4 Å². The number of carbonyl (C=O) groups excluding carboxylic acids is 1. The molecule has 0 radical (unpaired) electrons. The topological polar surface area (TPSA) is 69.2 Å². The third kappa shape index (κ3) is 7.49. The zero-order chi connectivity index (χ0) is 20.7. The van der Waals surface area contributed by atoms with Crippen LogP contribution in [-0.2, 0) is 4.74 Å². The molecule has 7 heteroatoms. The summed E-state index contributed by atoms with van der Waals surface area (Å²) < 4.78 is 5.52. The minimum Gasteiger partial charge on any atom is -0.444 e. The van der Waals surface area contributed by atoms with Gasteiger partial charge in [0.05, 0.1) is 0 Å². The van der Waals surface area contributed by atoms with Gasteiger partial charge in [-0.05, 0) is 66.2 Å². The largest absolute Gasteiger partial charge is 0.444 e. The lowest BCUT2D eigenvalue weighted by Gasteiger charge is -2.36. The van der Waals surface area contributed by atoms with Crippen LogP contribution in [0, 0.1) is 5.92 Å². The average Bonchev–Trinajstić information content (AvgIpc) is 2.64. The van der Waals surface area contributed by atoms with Gasteiger partial charge in [-0.1, -0.05) is 0 Å². The van der Waals surface area contributed by atoms with Crippen molar-refractivity contribution in [2.24, 2.45) is 10.9 Å². The summed E-state index contributed by atoms with van der Waals surface area (Å²) in [6.45, 7) is 14.9. The van der Waals surface area contributed by atoms with Crippen molar-refractivity contribution in [3.63, 3.8) is 0 Å². The number of rotatable bonds is 4. The molecule has 2 N–H and O–H groups in total. The van der Waals surface area contributed by atoms with Crippen LogP contribution in [-0.4, -0.2) is 79.3 Å². The molecular formula is C21H41N5O2. The summed E-state index contributed by atoms with van der Waals surface area (Å²) in [6.07, 6.45) is 4.24. The molecular weight excluding hydrogens is 354 g/mol. The van der Waals surface area contributed by atoms with Crippen LogP contribution in [0.2, 0.25) is 0 Å². The van der Waals surface area contributed by atoms with E-state index in [1.807, 2.05) is 32.7 Å². The molecule has 1 amide bonds. The van der Waals surface area contributed by atoms with Crippen molar-refractivity contribution in [1.29, 1.82) is 0 Å². The van der Waals surface area contributed by atoms with Gasteiger partial charge in [0.25, 0.3) is 0 Å². The number of carbonyl (C=O) groups is 1. The molecule has 1 atom stereocenters. The number of amides is 1. The molecule has 2 saturated heterocycles. The van der Waals surface area contributed by atoms with Crippen LogP contribution < -0.4 is 10.6 Å². The Kier molecular flexibility index (Phi) is 8.40. The first kappa shape index (κ1) is 22.8. The lowest BCUT2D eigenvalue weighted by atomic mass is 9.98. The van der Waals surface area contributed by atoms with E-state index in [0.717, 1.165) is 64.4 Å². The number of nitrogens with one attached hydrogen (secondary N) is 2. The highest BCUT2D eigenvalue weighted by Crippen LogP contribution is 2.19. The SMILES string of the molecule is CN=C(NCC1CCCN(C(=O)OC(C)(C)C)C1)NC1CCN(C(C)C)CC1. The Morgan fingerprint density at radius 1 is 1.18 bits per heavy atom. The Balaban J connectivity index is 1.75. The molecule has 2 aliphatic rings. The van der Waals surface area contributed by atoms with E-state index in [9.17, 15) is 4.79 Å². The van der Waals surface area contributed by atoms with Crippen molar-refractivity contribution in [2.75, 3.05) is 39.8 Å². The lowest BCUT2D eigenvalue weighted by Crippen LogP contribution is -2.51. The second kappa shape index (κ2) is 10.3. The Hall–Kier alpha value is -1.50. The molecule has 0 aliphatic carbocycles. The highest BCUT2D eigenvalue weighted by molar-refractivity contribution is 5.80. The minimum absolute atomic E-state index is 0.198. The molecule has 0 spiro atoms. The van der Waals surface area contributed by atoms with E-state index in [-0.39, 0.29) is 6.09 Å². The molecule has 0 aromatic carbocycles. The van der Waals surface area contributed by atoms with E-state index in [0.29, 0.717) is 18.0 Å². The summed E-state index contributed by atoms with van der Waals surface area (Å²) >= 11 is 0. The molecule has 2 heterocycles. The number of aliphatic imine (C=N–C) groups is 1. The third-order valence-electron chi connectivity index (χ3n) is 5.55. The molecule has 0 aromatic heterocycles. The number of hydrogen-bond donors (Lipinski definition) is 2. The van der Waals surface area contributed by atoms with Gasteiger partial charge in [0, 0.05) is 51.9 Å². The van der Waals surface area contributed by atoms with Crippen molar-refractivity contribution in [3.8, 4) is 0 Å². The molecule has 2 rings (SSSR count). The van der Waals surface area contributed by atoms with E-state index < -0.39 is 5.60 Å². The number of guanidine groups is 1. The van der Waals surface area contributed by atoms with Gasteiger partial charge in [-0.25, -0.2) is 4.79 Å². The molecule has 7 nitrogen and oxygen atoms in total. The summed E-state index contributed by atoms with van der Waals surface area (Å²) in [5, 5.41) is 7.05. The van der Waals surface area contributed by atoms with E-state index in [4.69, 9.17) is 4.74 Å². The van der Waals surface area contributed by atoms with Gasteiger partial charge >= 0.3 is 6.09 Å². The molecule has 162 valence electrons. The van der Waals surface area contributed by atoms with Crippen LogP contribution in [0.5, 0.6) is 0 Å². The Morgan fingerprint density at radius 2 is 1.86 bits per heavy atom. The van der Waals surface area contributed by atoms with Crippen molar-refractivity contribution in [3.05, 3.63) is 0 Å². The first-order valence-electron chi connectivity index (χ1n) is 10.9. The predicted octanol–water partition coefficient (Wildman–Crippen LogP) is 2.67. The highest BCUT2D eigenvalue weighted by atomic mass is 16.6. The van der Waals surface area contributed by atoms with Gasteiger partial charge in [-0.15, -0.1) is 0 Å². The Morgan fingerprint density at radius 3 is 2.43 bits per heavy atom. The average molecular weight is 396 g/mol. The summed E-state index contributed by atoms with van der Waals surface area (Å²) in [5.74, 6) is 1.29. The standard InChI is InChI=1S/C21H41N5O2/c1-16(2)25-12-9-18(10-13-25)24-19(22-6)23-14-17-8-7-11-26(15-17)20(27)28-21(3,4)5/h16-18H,7-15H2,1-6H3,(H2,22,23,24). The maximum absolute atomic E-state index is 12.3. The number of ether oxygens (including phenoxy) is 1. The monoisotopic (exact) mass is 395 g/mol. The van der Waals surface area contributed by atoms with E-state index >= 15 is 0 Å². The molecule has 1 unspecified atom stereocenters. The predicted molar refractivity (Wildman–Crippen MR) is 115 cm³/mol. The van der Waals surface area contributed by atoms with Crippen LogP contribution in [0.1, 0.15) is 60.3 Å². The van der Waals surface area contributed by atoms with Gasteiger partial charge in [-0.3, -0.25) is 4.99 Å². The van der Waals surface area contributed by atoms with Crippen molar-refractivity contribution >= 4 is 12.1 Å². The Labute approximate surface area is 171 Å². The van der Waals surface area contributed by atoms with Crippen molar-refractivity contribution in [2.45, 2.75) is 78.0 Å². The van der Waals surface area contributed by atoms with Crippen LogP contribution in [0.25, 0.3) is 0 Å². The summed E-state index contributed by atoms with van der Waals surface area (Å²) in [6, 6.07) is 1.10. The zero-order valence-corrected chi connectivity index (χ0v) is 18.8. The van der Waals surface area contributed by atoms with Gasteiger partial charge in [0.15, 0.2) is 5.96 Å². The zero-order valence-electron chi connectivity index (χ0n) is 18.8. The second-order valence-corrected chi connectivity index (χ2v) is 9.44. The van der Waals surface area contributed by atoms with E-state index in [1.54, 1.807) is 0 Å². The summed E-state index contributed by atoms with van der Waals surface area (Å²) in [7, 11) is 1.83. The van der Waals surface area contributed by atoms with Gasteiger partial charge in [0.2, 0.25) is 0 Å². The van der Waals surface area contributed by atoms with Crippen molar-refractivity contribution < 1.29 is 9.53 Å². The molecule has 28 heavy (non-hydrogen) atoms. The number of piperidine rings is 2. The molecule has 0 aromatic rings. The van der Waals surface area contributed by atoms with E-state index in [2.05, 4.69) is 34.4 Å². The van der Waals surface area contributed by atoms with Gasteiger partial charge in [0.1, 0.15) is 5.60 Å². The van der Waals surface area contributed by atoms with E-state index in [1.165, 1.54) is 0 Å². The van der Waals surface area contributed by atoms with Crippen LogP contribution in [0.4, 0.5) is 4.79 Å². The molecule has 0 bridgehead atoms. The normalized spacial score (nSPS) is 23.0. The fourth-order valence-electron chi connectivity index (χ4n) is 3.91. The molecule has 0 saturated carbocycles. The fourth-order valence-corrected chi connectivity index (χ4v) is 3.91. The van der Waals surface area contributed by atoms with Gasteiger partial charge < -0.3 is 25.2 Å². The highest BCUT2D eigenvalue weighted by Gasteiger charge is 2.28. The Bertz CT molecular complexity index is 521. The smallest absolute Gasteiger partial charge is 0.410 e. The molecule has 2 aliphatic heterocycles. The second-order valence-electron chi connectivity index (χ2n) is 9.44. The number of nitrogens with zero attached hydrogens (tertiary/aromatic N) is 3. The third-order valence-corrected chi connectivity index (χ3v) is 5.55. The van der Waals surface area contributed by atoms with Crippen LogP contribution in [0.3, 0.4) is 0 Å². The maximum atomic E-state index is 12.3. The fraction of sp³-hybridized carbons (Fsp3) is 0.905. The summed E-state index contributed by atoms with van der Waals surface area (Å²) in [5.41, 5.74) is -0.445. The minimum atomic E-state index is -0.445. The molecule has 2 fully saturated rings. The van der Waals surface area contributed by atoms with Gasteiger partial charge in [-0.2, -0.15) is 0 Å². The lowest BCUT2D eigenvalue weighted by molar-refractivity contribution is 0.0168. The quantitative estimate of drug-likeness (QED) is 0.566. The number of hydrogen-bond acceptors (Lipinski definition) is 4. The van der Waals surface area contributed by atoms with Crippen LogP contribution >= 0.6 is 0 Å². The number of likely N-dealkylation sites (tertiary alicyclic amines) is 2. The summed E-state index contributed by atoms with van der Waals surface area (Å²) in [4.78, 5) is 21.1. The first-order chi connectivity index (χ1) is 13.2. The van der Waals surface area contributed by atoms with Crippen LogP contribution in [0.15, 0.2) is 4.99 Å². The first-order valence-corrected chi connectivity index (χ1v) is 10.9.